The van der Waals surface area contributed by atoms with E-state index in [1.807, 2.05) is 65.4 Å². The number of aromatic nitrogens is 5. The molecule has 5 aromatic rings. The molecule has 0 aliphatic heterocycles. The van der Waals surface area contributed by atoms with Crippen LogP contribution in [0.5, 0.6) is 0 Å². The van der Waals surface area contributed by atoms with Gasteiger partial charge < -0.3 is 4.98 Å². The van der Waals surface area contributed by atoms with Gasteiger partial charge >= 0.3 is 0 Å². The van der Waals surface area contributed by atoms with Crippen LogP contribution in [0.4, 0.5) is 0 Å². The predicted molar refractivity (Wildman–Crippen MR) is 126 cm³/mol. The quantitative estimate of drug-likeness (QED) is 0.347. The number of thiophene rings is 1. The first-order valence-corrected chi connectivity index (χ1v) is 11.7. The Balaban J connectivity index is 1.56. The van der Waals surface area contributed by atoms with Crippen molar-refractivity contribution >= 4 is 44.9 Å². The van der Waals surface area contributed by atoms with Crippen molar-refractivity contribution < 1.29 is 0 Å². The van der Waals surface area contributed by atoms with Gasteiger partial charge in [0.2, 0.25) is 0 Å². The fourth-order valence-corrected chi connectivity index (χ4v) is 5.07. The van der Waals surface area contributed by atoms with E-state index >= 15 is 0 Å². The Labute approximate surface area is 191 Å². The number of hydrogen-bond donors (Lipinski definition) is 1. The maximum Gasteiger partial charge on any atom is 0.268 e. The molecule has 6 nitrogen and oxygen atoms in total. The average Bonchev–Trinajstić information content (AvgIpc) is 3.40. The second-order valence-corrected chi connectivity index (χ2v) is 9.16. The molecule has 0 bridgehead atoms. The van der Waals surface area contributed by atoms with Crippen LogP contribution in [0.1, 0.15) is 11.4 Å². The molecule has 3 aromatic heterocycles. The highest BCUT2D eigenvalue weighted by Crippen LogP contribution is 2.33. The van der Waals surface area contributed by atoms with Gasteiger partial charge in [0.15, 0.2) is 11.0 Å². The molecule has 0 amide bonds. The molecule has 0 spiro atoms. The summed E-state index contributed by atoms with van der Waals surface area (Å²) in [5.74, 6) is 1.71. The summed E-state index contributed by atoms with van der Waals surface area (Å²) in [6.45, 7) is 2.04. The van der Waals surface area contributed by atoms with Crippen molar-refractivity contribution in [3.8, 4) is 17.1 Å². The number of rotatable bonds is 5. The summed E-state index contributed by atoms with van der Waals surface area (Å²) in [6, 6.07) is 17.6. The second kappa shape index (κ2) is 8.30. The lowest BCUT2D eigenvalue weighted by molar-refractivity contribution is 0.882. The summed E-state index contributed by atoms with van der Waals surface area (Å²) in [4.78, 5) is 19.7. The van der Waals surface area contributed by atoms with Crippen LogP contribution in [0.2, 0.25) is 5.02 Å². The fourth-order valence-electron chi connectivity index (χ4n) is 3.30. The second-order valence-electron chi connectivity index (χ2n) is 6.90. The minimum atomic E-state index is -0.118. The monoisotopic (exact) mass is 465 g/mol. The zero-order chi connectivity index (χ0) is 21.4. The van der Waals surface area contributed by atoms with E-state index in [2.05, 4.69) is 26.2 Å². The molecule has 0 radical (unpaired) electrons. The van der Waals surface area contributed by atoms with Crippen molar-refractivity contribution in [1.29, 1.82) is 0 Å². The molecule has 2 aromatic carbocycles. The molecule has 0 aliphatic carbocycles. The van der Waals surface area contributed by atoms with Gasteiger partial charge in [0, 0.05) is 11.3 Å². The average molecular weight is 466 g/mol. The number of nitrogens with one attached hydrogen (secondary N) is 1. The summed E-state index contributed by atoms with van der Waals surface area (Å²) in [5, 5.41) is 12.0. The molecule has 1 N–H and O–H groups in total. The maximum absolute atomic E-state index is 12.3. The number of H-pyrrole nitrogens is 1. The number of hydrogen-bond acceptors (Lipinski definition) is 6. The lowest BCUT2D eigenvalue weighted by Crippen LogP contribution is -2.09. The summed E-state index contributed by atoms with van der Waals surface area (Å²) in [5.41, 5.74) is 3.46. The summed E-state index contributed by atoms with van der Waals surface area (Å²) in [6.07, 6.45) is 0. The number of aromatic amines is 1. The van der Waals surface area contributed by atoms with E-state index in [9.17, 15) is 4.79 Å². The highest BCUT2D eigenvalue weighted by Gasteiger charge is 2.18. The molecule has 0 atom stereocenters. The van der Waals surface area contributed by atoms with Gasteiger partial charge in [-0.3, -0.25) is 9.36 Å². The maximum atomic E-state index is 12.3. The highest BCUT2D eigenvalue weighted by atomic mass is 35.5. The minimum Gasteiger partial charge on any atom is -0.309 e. The summed E-state index contributed by atoms with van der Waals surface area (Å²) < 4.78 is 2.62. The Hall–Kier alpha value is -2.94. The number of nitrogens with zero attached hydrogens (tertiary/aromatic N) is 4. The zero-order valence-electron chi connectivity index (χ0n) is 16.4. The molecule has 0 unspecified atom stereocenters. The normalized spacial score (nSPS) is 11.3. The van der Waals surface area contributed by atoms with Crippen molar-refractivity contribution in [3.63, 3.8) is 0 Å². The van der Waals surface area contributed by atoms with Gasteiger partial charge in [-0.25, -0.2) is 4.98 Å². The molecule has 31 heavy (non-hydrogen) atoms. The molecular weight excluding hydrogens is 450 g/mol. The Morgan fingerprint density at radius 3 is 2.84 bits per heavy atom. The number of benzene rings is 2. The first-order valence-electron chi connectivity index (χ1n) is 9.47. The fraction of sp³-hybridized carbons (Fsp3) is 0.0909. The molecular formula is C22H16ClN5OS2. The van der Waals surface area contributed by atoms with Crippen LogP contribution in [0.25, 0.3) is 27.3 Å². The Morgan fingerprint density at radius 1 is 1.13 bits per heavy atom. The van der Waals surface area contributed by atoms with Gasteiger partial charge in [0.25, 0.3) is 5.56 Å². The van der Waals surface area contributed by atoms with Crippen LogP contribution < -0.4 is 5.56 Å². The summed E-state index contributed by atoms with van der Waals surface area (Å²) >= 11 is 9.30. The third kappa shape index (κ3) is 3.89. The van der Waals surface area contributed by atoms with Crippen LogP contribution in [0, 0.1) is 6.92 Å². The number of fused-ring (bicyclic) bond motifs is 1. The Morgan fingerprint density at radius 2 is 2.00 bits per heavy atom. The predicted octanol–water partition coefficient (Wildman–Crippen LogP) is 5.49. The topological polar surface area (TPSA) is 76.5 Å². The van der Waals surface area contributed by atoms with Crippen molar-refractivity contribution in [2.75, 3.05) is 0 Å². The minimum absolute atomic E-state index is 0.118. The van der Waals surface area contributed by atoms with Gasteiger partial charge in [-0.15, -0.1) is 21.5 Å². The zero-order valence-corrected chi connectivity index (χ0v) is 18.8. The molecule has 0 saturated heterocycles. The molecule has 3 heterocycles. The first kappa shape index (κ1) is 20.0. The van der Waals surface area contributed by atoms with Crippen LogP contribution >= 0.6 is 34.7 Å². The third-order valence-electron chi connectivity index (χ3n) is 4.71. The van der Waals surface area contributed by atoms with Gasteiger partial charge in [0.1, 0.15) is 10.5 Å². The van der Waals surface area contributed by atoms with E-state index in [-0.39, 0.29) is 5.56 Å². The van der Waals surface area contributed by atoms with Crippen molar-refractivity contribution in [1.82, 2.24) is 24.7 Å². The van der Waals surface area contributed by atoms with Crippen LogP contribution in [-0.2, 0) is 5.75 Å². The van der Waals surface area contributed by atoms with E-state index < -0.39 is 0 Å². The van der Waals surface area contributed by atoms with E-state index in [0.29, 0.717) is 37.8 Å². The van der Waals surface area contributed by atoms with Gasteiger partial charge in [-0.05, 0) is 48.2 Å². The lowest BCUT2D eigenvalue weighted by Gasteiger charge is -2.12. The Bertz CT molecular complexity index is 1460. The number of aryl methyl sites for hydroxylation is 1. The molecule has 154 valence electrons. The number of halogens is 1. The van der Waals surface area contributed by atoms with Crippen LogP contribution in [0.15, 0.2) is 69.9 Å². The van der Waals surface area contributed by atoms with E-state index in [1.165, 1.54) is 23.1 Å². The molecule has 0 fully saturated rings. The Kier molecular flexibility index (Phi) is 5.35. The van der Waals surface area contributed by atoms with E-state index in [0.717, 1.165) is 16.8 Å². The van der Waals surface area contributed by atoms with Crippen molar-refractivity contribution in [2.24, 2.45) is 0 Å². The smallest absolute Gasteiger partial charge is 0.268 e. The van der Waals surface area contributed by atoms with Crippen molar-refractivity contribution in [3.05, 3.63) is 86.7 Å². The molecule has 5 rings (SSSR count). The molecule has 9 heteroatoms. The highest BCUT2D eigenvalue weighted by molar-refractivity contribution is 7.98. The first-order chi connectivity index (χ1) is 15.1. The molecule has 0 saturated carbocycles. The lowest BCUT2D eigenvalue weighted by atomic mass is 10.2. The summed E-state index contributed by atoms with van der Waals surface area (Å²) in [7, 11) is 0. The van der Waals surface area contributed by atoms with E-state index in [1.54, 1.807) is 0 Å². The van der Waals surface area contributed by atoms with Gasteiger partial charge in [0.05, 0.1) is 16.3 Å². The SMILES string of the molecule is Cc1cccc(-n2c(SCc3nc4ccsc4c(=O)[nH]3)nnc2-c2ccccc2Cl)c1. The van der Waals surface area contributed by atoms with Gasteiger partial charge in [-0.2, -0.15) is 0 Å². The molecule has 0 aliphatic rings. The largest absolute Gasteiger partial charge is 0.309 e. The standard InChI is InChI=1S/C22H16ClN5OS2/c1-13-5-4-6-14(11-13)28-20(15-7-2-3-8-16(15)23)26-27-22(28)31-12-18-24-17-9-10-30-19(17)21(29)25-18/h2-11H,12H2,1H3,(H,24,25,29). The van der Waals surface area contributed by atoms with Crippen LogP contribution in [0.3, 0.4) is 0 Å². The third-order valence-corrected chi connectivity index (χ3v) is 6.88. The van der Waals surface area contributed by atoms with Gasteiger partial charge in [-0.1, -0.05) is 47.6 Å². The number of thioether (sulfide) groups is 1. The van der Waals surface area contributed by atoms with E-state index in [4.69, 9.17) is 11.6 Å². The van der Waals surface area contributed by atoms with Crippen LogP contribution in [-0.4, -0.2) is 24.7 Å². The van der Waals surface area contributed by atoms with Crippen molar-refractivity contribution in [2.45, 2.75) is 17.8 Å².